The van der Waals surface area contributed by atoms with Gasteiger partial charge in [0.15, 0.2) is 5.78 Å². The zero-order valence-corrected chi connectivity index (χ0v) is 18.0. The predicted molar refractivity (Wildman–Crippen MR) is 121 cm³/mol. The van der Waals surface area contributed by atoms with Crippen molar-refractivity contribution in [1.29, 1.82) is 0 Å². The molecular formula is C25H33N3O2. The lowest BCUT2D eigenvalue weighted by Gasteiger charge is -2.26. The molecule has 5 nitrogen and oxygen atoms in total. The number of carbonyl (C=O) groups excluding carboxylic acids is 2. The summed E-state index contributed by atoms with van der Waals surface area (Å²) in [5.74, 6) is 0.137. The van der Waals surface area contributed by atoms with Crippen molar-refractivity contribution in [3.8, 4) is 11.1 Å². The van der Waals surface area contributed by atoms with Gasteiger partial charge in [-0.3, -0.25) is 9.59 Å². The first-order valence-electron chi connectivity index (χ1n) is 11.0. The third-order valence-electron chi connectivity index (χ3n) is 5.81. The Morgan fingerprint density at radius 1 is 1.00 bits per heavy atom. The first kappa shape index (κ1) is 22.2. The fraction of sp³-hybridized carbons (Fsp3) is 0.440. The highest BCUT2D eigenvalue weighted by Crippen LogP contribution is 2.22. The molecule has 2 aromatic carbocycles. The molecule has 30 heavy (non-hydrogen) atoms. The number of benzene rings is 2. The Bertz CT molecular complexity index is 842. The largest absolute Gasteiger partial charge is 0.340 e. The number of hydrogen-bond donors (Lipinski definition) is 1. The molecule has 1 amide bonds. The van der Waals surface area contributed by atoms with Crippen molar-refractivity contribution >= 4 is 11.7 Å². The number of ketones is 1. The summed E-state index contributed by atoms with van der Waals surface area (Å²) < 4.78 is 0. The molecule has 0 radical (unpaired) electrons. The number of hydrogen-bond acceptors (Lipinski definition) is 4. The summed E-state index contributed by atoms with van der Waals surface area (Å²) in [6.45, 7) is 3.93. The Morgan fingerprint density at radius 2 is 1.73 bits per heavy atom. The van der Waals surface area contributed by atoms with Crippen molar-refractivity contribution in [2.75, 3.05) is 33.2 Å². The molecule has 2 aromatic rings. The number of carbonyl (C=O) groups is 2. The van der Waals surface area contributed by atoms with Gasteiger partial charge in [0.25, 0.3) is 0 Å². The van der Waals surface area contributed by atoms with Crippen molar-refractivity contribution in [3.63, 3.8) is 0 Å². The number of piperidine rings is 1. The van der Waals surface area contributed by atoms with Gasteiger partial charge in [0, 0.05) is 25.6 Å². The highest BCUT2D eigenvalue weighted by Gasteiger charge is 2.12. The molecule has 160 valence electrons. The zero-order chi connectivity index (χ0) is 21.3. The Kier molecular flexibility index (Phi) is 8.17. The topological polar surface area (TPSA) is 66.6 Å². The van der Waals surface area contributed by atoms with E-state index in [4.69, 9.17) is 5.73 Å². The van der Waals surface area contributed by atoms with Gasteiger partial charge in [0.1, 0.15) is 0 Å². The van der Waals surface area contributed by atoms with Gasteiger partial charge < -0.3 is 15.5 Å². The molecule has 1 aliphatic rings. The Labute approximate surface area is 179 Å². The summed E-state index contributed by atoms with van der Waals surface area (Å²) in [6.07, 6.45) is 5.45. The van der Waals surface area contributed by atoms with E-state index >= 15 is 0 Å². The molecule has 1 heterocycles. The molecular weight excluding hydrogens is 374 g/mol. The summed E-state index contributed by atoms with van der Waals surface area (Å²) in [4.78, 5) is 28.3. The van der Waals surface area contributed by atoms with E-state index in [0.29, 0.717) is 13.0 Å². The van der Waals surface area contributed by atoms with Gasteiger partial charge in [0.05, 0.1) is 6.54 Å². The minimum Gasteiger partial charge on any atom is -0.340 e. The second kappa shape index (κ2) is 11.0. The SMILES string of the molecule is CN(Cc1cccc(-c2ccc(C(=O)CCCN3CCCCC3)cc2)c1)C(=O)CN. The van der Waals surface area contributed by atoms with Crippen LogP contribution in [0.2, 0.25) is 0 Å². The van der Waals surface area contributed by atoms with Gasteiger partial charge in [-0.15, -0.1) is 0 Å². The number of amides is 1. The van der Waals surface area contributed by atoms with Crippen LogP contribution in [0.25, 0.3) is 11.1 Å². The number of nitrogens with two attached hydrogens (primary N) is 1. The fourth-order valence-corrected chi connectivity index (χ4v) is 4.01. The highest BCUT2D eigenvalue weighted by molar-refractivity contribution is 5.96. The lowest BCUT2D eigenvalue weighted by Crippen LogP contribution is -2.32. The molecule has 0 saturated carbocycles. The summed E-state index contributed by atoms with van der Waals surface area (Å²) >= 11 is 0. The van der Waals surface area contributed by atoms with Gasteiger partial charge in [-0.05, 0) is 61.7 Å². The number of Topliss-reactive ketones (excluding diaryl/α,β-unsaturated/α-hetero) is 1. The Morgan fingerprint density at radius 3 is 2.43 bits per heavy atom. The smallest absolute Gasteiger partial charge is 0.236 e. The van der Waals surface area contributed by atoms with E-state index < -0.39 is 0 Å². The van der Waals surface area contributed by atoms with Crippen LogP contribution in [0.1, 0.15) is 48.0 Å². The van der Waals surface area contributed by atoms with E-state index in [-0.39, 0.29) is 18.2 Å². The standard InChI is InChI=1S/C25H33N3O2/c1-27(25(30)18-26)19-20-7-5-8-23(17-20)21-10-12-22(13-11-21)24(29)9-6-16-28-14-3-2-4-15-28/h5,7-8,10-13,17H,2-4,6,9,14-16,18-19,26H2,1H3. The van der Waals surface area contributed by atoms with Crippen molar-refractivity contribution in [1.82, 2.24) is 9.80 Å². The maximum absolute atomic E-state index is 12.5. The van der Waals surface area contributed by atoms with Crippen molar-refractivity contribution in [2.45, 2.75) is 38.6 Å². The molecule has 1 saturated heterocycles. The molecule has 1 aliphatic heterocycles. The van der Waals surface area contributed by atoms with Crippen LogP contribution in [-0.2, 0) is 11.3 Å². The molecule has 0 spiro atoms. The molecule has 0 aliphatic carbocycles. The molecule has 5 heteroatoms. The average molecular weight is 408 g/mol. The first-order valence-corrected chi connectivity index (χ1v) is 11.0. The van der Waals surface area contributed by atoms with Gasteiger partial charge in [-0.1, -0.05) is 48.9 Å². The van der Waals surface area contributed by atoms with E-state index in [0.717, 1.165) is 35.2 Å². The monoisotopic (exact) mass is 407 g/mol. The molecule has 1 fully saturated rings. The van der Waals surface area contributed by atoms with E-state index in [1.165, 1.54) is 32.4 Å². The van der Waals surface area contributed by atoms with E-state index in [1.807, 2.05) is 42.5 Å². The Balaban J connectivity index is 1.56. The summed E-state index contributed by atoms with van der Waals surface area (Å²) in [5.41, 5.74) is 9.40. The number of rotatable bonds is 9. The number of likely N-dealkylation sites (tertiary alicyclic amines) is 1. The maximum atomic E-state index is 12.5. The van der Waals surface area contributed by atoms with Crippen molar-refractivity contribution in [2.24, 2.45) is 5.73 Å². The summed E-state index contributed by atoms with van der Waals surface area (Å²) in [7, 11) is 1.76. The van der Waals surface area contributed by atoms with Crippen LogP contribution in [0.5, 0.6) is 0 Å². The van der Waals surface area contributed by atoms with Crippen LogP contribution < -0.4 is 5.73 Å². The lowest BCUT2D eigenvalue weighted by atomic mass is 9.99. The third-order valence-corrected chi connectivity index (χ3v) is 5.81. The zero-order valence-electron chi connectivity index (χ0n) is 18.0. The van der Waals surface area contributed by atoms with Crippen molar-refractivity contribution in [3.05, 3.63) is 59.7 Å². The van der Waals surface area contributed by atoms with Crippen LogP contribution in [0.4, 0.5) is 0 Å². The summed E-state index contributed by atoms with van der Waals surface area (Å²) in [5, 5.41) is 0. The molecule has 0 aromatic heterocycles. The van der Waals surface area contributed by atoms with Gasteiger partial charge in [0.2, 0.25) is 5.91 Å². The molecule has 0 atom stereocenters. The van der Waals surface area contributed by atoms with Gasteiger partial charge >= 0.3 is 0 Å². The second-order valence-electron chi connectivity index (χ2n) is 8.16. The quantitative estimate of drug-likeness (QED) is 0.644. The van der Waals surface area contributed by atoms with E-state index in [1.54, 1.807) is 11.9 Å². The average Bonchev–Trinajstić information content (AvgIpc) is 2.79. The maximum Gasteiger partial charge on any atom is 0.236 e. The molecule has 2 N–H and O–H groups in total. The molecule has 0 bridgehead atoms. The van der Waals surface area contributed by atoms with E-state index in [9.17, 15) is 9.59 Å². The fourth-order valence-electron chi connectivity index (χ4n) is 4.01. The van der Waals surface area contributed by atoms with Crippen molar-refractivity contribution < 1.29 is 9.59 Å². The third kappa shape index (κ3) is 6.25. The number of nitrogens with zero attached hydrogens (tertiary/aromatic N) is 2. The van der Waals surface area contributed by atoms with Crippen LogP contribution in [0.3, 0.4) is 0 Å². The predicted octanol–water partition coefficient (Wildman–Crippen LogP) is 3.72. The summed E-state index contributed by atoms with van der Waals surface area (Å²) in [6, 6.07) is 16.0. The molecule has 3 rings (SSSR count). The van der Waals surface area contributed by atoms with Crippen LogP contribution in [-0.4, -0.2) is 54.7 Å². The minimum atomic E-state index is -0.0800. The van der Waals surface area contributed by atoms with E-state index in [2.05, 4.69) is 11.0 Å². The van der Waals surface area contributed by atoms with Crippen LogP contribution in [0.15, 0.2) is 48.5 Å². The molecule has 0 unspecified atom stereocenters. The second-order valence-corrected chi connectivity index (χ2v) is 8.16. The first-order chi connectivity index (χ1) is 14.6. The highest BCUT2D eigenvalue weighted by atomic mass is 16.2. The number of likely N-dealkylation sites (N-methyl/N-ethyl adjacent to an activating group) is 1. The minimum absolute atomic E-state index is 0.0176. The normalized spacial score (nSPS) is 14.5. The van der Waals surface area contributed by atoms with Crippen LogP contribution >= 0.6 is 0 Å². The van der Waals surface area contributed by atoms with Gasteiger partial charge in [-0.25, -0.2) is 0 Å². The van der Waals surface area contributed by atoms with Gasteiger partial charge in [-0.2, -0.15) is 0 Å². The van der Waals surface area contributed by atoms with Crippen LogP contribution in [0, 0.1) is 0 Å². The lowest BCUT2D eigenvalue weighted by molar-refractivity contribution is -0.128. The Hall–Kier alpha value is -2.50.